The molecule has 4 nitrogen and oxygen atoms in total. The fourth-order valence-corrected chi connectivity index (χ4v) is 1.74. The molecule has 1 N–H and O–H groups in total. The molecule has 100 valence electrons. The third kappa shape index (κ3) is 5.38. The maximum atomic E-state index is 11.1. The highest BCUT2D eigenvalue weighted by Crippen LogP contribution is 2.12. The summed E-state index contributed by atoms with van der Waals surface area (Å²) in [6.07, 6.45) is 1.19. The largest absolute Gasteiger partial charge is 0.453 e. The van der Waals surface area contributed by atoms with Crippen molar-refractivity contribution in [2.45, 2.75) is 18.9 Å². The summed E-state index contributed by atoms with van der Waals surface area (Å²) in [7, 11) is 2.95. The highest BCUT2D eigenvalue weighted by molar-refractivity contribution is 6.30. The molecule has 0 saturated carbocycles. The smallest absolute Gasteiger partial charge is 0.407 e. The van der Waals surface area contributed by atoms with Crippen LogP contribution < -0.4 is 5.32 Å². The lowest BCUT2D eigenvalue weighted by Gasteiger charge is -2.17. The Hall–Kier alpha value is -1.26. The van der Waals surface area contributed by atoms with Crippen LogP contribution in [0.25, 0.3) is 0 Å². The number of carbonyl (C=O) groups is 1. The Bertz CT molecular complexity index is 367. The Morgan fingerprint density at radius 3 is 2.56 bits per heavy atom. The van der Waals surface area contributed by atoms with Crippen LogP contribution in [0.3, 0.4) is 0 Å². The molecule has 0 bridgehead atoms. The van der Waals surface area contributed by atoms with Crippen molar-refractivity contribution in [1.82, 2.24) is 5.32 Å². The molecule has 1 aromatic carbocycles. The number of amides is 1. The normalized spacial score (nSPS) is 11.9. The van der Waals surface area contributed by atoms with Crippen molar-refractivity contribution in [3.63, 3.8) is 0 Å². The standard InChI is InChI=1S/C13H18ClNO3/c1-17-9-12(15-13(16)18-2)8-5-10-3-6-11(14)7-4-10/h3-4,6-7,12H,5,8-9H2,1-2H3,(H,15,16)/t12-/m1/s1. The van der Waals surface area contributed by atoms with Crippen molar-refractivity contribution in [1.29, 1.82) is 0 Å². The maximum absolute atomic E-state index is 11.1. The van der Waals surface area contributed by atoms with Crippen molar-refractivity contribution < 1.29 is 14.3 Å². The van der Waals surface area contributed by atoms with E-state index in [0.29, 0.717) is 6.61 Å². The van der Waals surface area contributed by atoms with Gasteiger partial charge in [-0.2, -0.15) is 0 Å². The van der Waals surface area contributed by atoms with E-state index in [1.165, 1.54) is 12.7 Å². The zero-order chi connectivity index (χ0) is 13.4. The Kier molecular flexibility index (Phi) is 6.54. The van der Waals surface area contributed by atoms with Crippen LogP contribution >= 0.6 is 11.6 Å². The van der Waals surface area contributed by atoms with E-state index < -0.39 is 6.09 Å². The molecule has 5 heteroatoms. The molecule has 0 fully saturated rings. The Morgan fingerprint density at radius 2 is 2.00 bits per heavy atom. The van der Waals surface area contributed by atoms with Gasteiger partial charge in [0.05, 0.1) is 19.8 Å². The average molecular weight is 272 g/mol. The summed E-state index contributed by atoms with van der Waals surface area (Å²) in [5.74, 6) is 0. The van der Waals surface area contributed by atoms with Gasteiger partial charge >= 0.3 is 6.09 Å². The molecule has 1 atom stereocenters. The minimum atomic E-state index is -0.437. The summed E-state index contributed by atoms with van der Waals surface area (Å²) in [4.78, 5) is 11.1. The molecule has 1 aromatic rings. The van der Waals surface area contributed by atoms with Gasteiger partial charge < -0.3 is 14.8 Å². The van der Waals surface area contributed by atoms with Crippen LogP contribution in [0.4, 0.5) is 4.79 Å². The van der Waals surface area contributed by atoms with Gasteiger partial charge in [-0.25, -0.2) is 4.79 Å². The van der Waals surface area contributed by atoms with Crippen molar-refractivity contribution >= 4 is 17.7 Å². The molecular weight excluding hydrogens is 254 g/mol. The molecule has 0 aliphatic carbocycles. The maximum Gasteiger partial charge on any atom is 0.407 e. The topological polar surface area (TPSA) is 47.6 Å². The van der Waals surface area contributed by atoms with Gasteiger partial charge in [0, 0.05) is 12.1 Å². The number of ether oxygens (including phenoxy) is 2. The number of methoxy groups -OCH3 is 2. The van der Waals surface area contributed by atoms with E-state index in [1.54, 1.807) is 7.11 Å². The second kappa shape index (κ2) is 7.95. The van der Waals surface area contributed by atoms with Crippen LogP contribution in [0.1, 0.15) is 12.0 Å². The minimum absolute atomic E-state index is 0.0573. The van der Waals surface area contributed by atoms with Crippen LogP contribution in [0.15, 0.2) is 24.3 Å². The molecule has 1 rings (SSSR count). The minimum Gasteiger partial charge on any atom is -0.453 e. The molecule has 0 unspecified atom stereocenters. The number of benzene rings is 1. The Labute approximate surface area is 112 Å². The third-order valence-corrected chi connectivity index (χ3v) is 2.82. The monoisotopic (exact) mass is 271 g/mol. The van der Waals surface area contributed by atoms with Crippen LogP contribution in [-0.2, 0) is 15.9 Å². The number of halogens is 1. The van der Waals surface area contributed by atoms with Gasteiger partial charge in [-0.15, -0.1) is 0 Å². The highest BCUT2D eigenvalue weighted by atomic mass is 35.5. The first-order chi connectivity index (χ1) is 8.65. The fraction of sp³-hybridized carbons (Fsp3) is 0.462. The van der Waals surface area contributed by atoms with Crippen LogP contribution in [0.5, 0.6) is 0 Å². The predicted molar refractivity (Wildman–Crippen MR) is 71.0 cm³/mol. The predicted octanol–water partition coefficient (Wildman–Crippen LogP) is 2.64. The van der Waals surface area contributed by atoms with Gasteiger partial charge in [-0.1, -0.05) is 23.7 Å². The van der Waals surface area contributed by atoms with Crippen molar-refractivity contribution in [3.05, 3.63) is 34.9 Å². The number of nitrogens with one attached hydrogen (secondary N) is 1. The summed E-state index contributed by atoms with van der Waals surface area (Å²) in [6.45, 7) is 0.461. The zero-order valence-electron chi connectivity index (χ0n) is 10.6. The third-order valence-electron chi connectivity index (χ3n) is 2.57. The van der Waals surface area contributed by atoms with Crippen molar-refractivity contribution in [2.24, 2.45) is 0 Å². The Balaban J connectivity index is 2.45. The lowest BCUT2D eigenvalue weighted by Crippen LogP contribution is -2.38. The molecule has 0 aromatic heterocycles. The van der Waals surface area contributed by atoms with Gasteiger partial charge in [0.15, 0.2) is 0 Å². The first-order valence-electron chi connectivity index (χ1n) is 5.73. The second-order valence-corrected chi connectivity index (χ2v) is 4.39. The molecule has 0 spiro atoms. The number of hydrogen-bond donors (Lipinski definition) is 1. The summed E-state index contributed by atoms with van der Waals surface area (Å²) in [5, 5.41) is 3.46. The quantitative estimate of drug-likeness (QED) is 0.865. The Morgan fingerprint density at radius 1 is 1.33 bits per heavy atom. The van der Waals surface area contributed by atoms with E-state index in [4.69, 9.17) is 16.3 Å². The molecule has 0 heterocycles. The van der Waals surface area contributed by atoms with Crippen LogP contribution in [-0.4, -0.2) is 33.0 Å². The number of aryl methyl sites for hydroxylation is 1. The van der Waals surface area contributed by atoms with Crippen LogP contribution in [0.2, 0.25) is 5.02 Å². The van der Waals surface area contributed by atoms with E-state index in [9.17, 15) is 4.79 Å². The first kappa shape index (κ1) is 14.8. The van der Waals surface area contributed by atoms with Crippen molar-refractivity contribution in [2.75, 3.05) is 20.8 Å². The summed E-state index contributed by atoms with van der Waals surface area (Å²) in [5.41, 5.74) is 1.17. The number of carbonyl (C=O) groups excluding carboxylic acids is 1. The van der Waals surface area contributed by atoms with Gasteiger partial charge in [-0.3, -0.25) is 0 Å². The van der Waals surface area contributed by atoms with Crippen molar-refractivity contribution in [3.8, 4) is 0 Å². The van der Waals surface area contributed by atoms with E-state index in [2.05, 4.69) is 10.1 Å². The molecule has 0 radical (unpaired) electrons. The van der Waals surface area contributed by atoms with Crippen LogP contribution in [0, 0.1) is 0 Å². The lowest BCUT2D eigenvalue weighted by atomic mass is 10.1. The summed E-state index contributed by atoms with van der Waals surface area (Å²) < 4.78 is 9.64. The summed E-state index contributed by atoms with van der Waals surface area (Å²) >= 11 is 5.82. The van der Waals surface area contributed by atoms with Gasteiger partial charge in [-0.05, 0) is 30.5 Å². The zero-order valence-corrected chi connectivity index (χ0v) is 11.4. The molecule has 0 saturated heterocycles. The number of hydrogen-bond acceptors (Lipinski definition) is 3. The van der Waals surface area contributed by atoms with E-state index >= 15 is 0 Å². The average Bonchev–Trinajstić information content (AvgIpc) is 2.38. The van der Waals surface area contributed by atoms with E-state index in [-0.39, 0.29) is 6.04 Å². The molecule has 0 aliphatic heterocycles. The fourth-order valence-electron chi connectivity index (χ4n) is 1.62. The highest BCUT2D eigenvalue weighted by Gasteiger charge is 2.12. The van der Waals surface area contributed by atoms with E-state index in [0.717, 1.165) is 17.9 Å². The number of alkyl carbamates (subject to hydrolysis) is 1. The first-order valence-corrected chi connectivity index (χ1v) is 6.11. The second-order valence-electron chi connectivity index (χ2n) is 3.95. The summed E-state index contributed by atoms with van der Waals surface area (Å²) in [6, 6.07) is 7.61. The van der Waals surface area contributed by atoms with Gasteiger partial charge in [0.2, 0.25) is 0 Å². The number of rotatable bonds is 6. The van der Waals surface area contributed by atoms with Gasteiger partial charge in [0.1, 0.15) is 0 Å². The lowest BCUT2D eigenvalue weighted by molar-refractivity contribution is 0.138. The molecule has 18 heavy (non-hydrogen) atoms. The van der Waals surface area contributed by atoms with Gasteiger partial charge in [0.25, 0.3) is 0 Å². The molecular formula is C13H18ClNO3. The molecule has 1 amide bonds. The van der Waals surface area contributed by atoms with E-state index in [1.807, 2.05) is 24.3 Å². The molecule has 0 aliphatic rings. The SMILES string of the molecule is COC[C@@H](CCc1ccc(Cl)cc1)NC(=O)OC.